The van der Waals surface area contributed by atoms with Crippen LogP contribution in [0.4, 0.5) is 0 Å². The molecule has 2 aromatic rings. The first-order chi connectivity index (χ1) is 15.7. The van der Waals surface area contributed by atoms with Crippen LogP contribution in [0.3, 0.4) is 0 Å². The Morgan fingerprint density at radius 2 is 1.94 bits per heavy atom. The molecule has 2 amide bonds. The van der Waals surface area contributed by atoms with E-state index in [2.05, 4.69) is 17.4 Å². The molecule has 1 fully saturated rings. The van der Waals surface area contributed by atoms with Crippen LogP contribution in [0.5, 0.6) is 11.5 Å². The van der Waals surface area contributed by atoms with Gasteiger partial charge < -0.3 is 24.4 Å². The lowest BCUT2D eigenvalue weighted by Gasteiger charge is -2.27. The maximum absolute atomic E-state index is 13.0. The minimum Gasteiger partial charge on any atom is -0.490 e. The van der Waals surface area contributed by atoms with E-state index in [0.717, 1.165) is 17.7 Å². The largest absolute Gasteiger partial charge is 0.490 e. The van der Waals surface area contributed by atoms with Gasteiger partial charge in [0.15, 0.2) is 18.1 Å². The average molecular weight is 457 g/mol. The van der Waals surface area contributed by atoms with E-state index in [0.29, 0.717) is 50.0 Å². The van der Waals surface area contributed by atoms with Crippen LogP contribution in [0.2, 0.25) is 0 Å². The topological polar surface area (TPSA) is 77.1 Å². The molecule has 170 valence electrons. The third-order valence-electron chi connectivity index (χ3n) is 5.48. The number of morpholine rings is 1. The number of hydrogen-bond donors (Lipinski definition) is 1. The smallest absolute Gasteiger partial charge is 0.260 e. The van der Waals surface area contributed by atoms with Gasteiger partial charge in [-0.05, 0) is 43.2 Å². The summed E-state index contributed by atoms with van der Waals surface area (Å²) in [7, 11) is 0. The van der Waals surface area contributed by atoms with Gasteiger partial charge in [0.2, 0.25) is 0 Å². The van der Waals surface area contributed by atoms with Crippen LogP contribution < -0.4 is 14.8 Å². The normalized spacial score (nSPS) is 17.9. The second kappa shape index (κ2) is 10.7. The molecule has 0 bridgehead atoms. The molecule has 2 aliphatic heterocycles. The second-order valence-corrected chi connectivity index (χ2v) is 8.71. The monoisotopic (exact) mass is 456 g/mol. The predicted octanol–water partition coefficient (Wildman–Crippen LogP) is 3.29. The van der Waals surface area contributed by atoms with Gasteiger partial charge in [-0.1, -0.05) is 18.2 Å². The van der Waals surface area contributed by atoms with E-state index in [9.17, 15) is 9.59 Å². The van der Waals surface area contributed by atoms with Crippen LogP contribution in [0, 0.1) is 0 Å². The molecule has 8 heteroatoms. The first kappa shape index (κ1) is 22.5. The molecule has 0 aliphatic carbocycles. The summed E-state index contributed by atoms with van der Waals surface area (Å²) in [5, 5.41) is 3.15. The Morgan fingerprint density at radius 1 is 1.12 bits per heavy atom. The van der Waals surface area contributed by atoms with E-state index in [1.54, 1.807) is 23.1 Å². The Morgan fingerprint density at radius 3 is 2.75 bits per heavy atom. The molecular weight excluding hydrogens is 428 g/mol. The van der Waals surface area contributed by atoms with Crippen molar-refractivity contribution in [2.24, 2.45) is 0 Å². The lowest BCUT2D eigenvalue weighted by Crippen LogP contribution is -2.43. The summed E-state index contributed by atoms with van der Waals surface area (Å²) in [6.07, 6.45) is 0.885. The van der Waals surface area contributed by atoms with Crippen LogP contribution in [0.1, 0.15) is 35.3 Å². The molecule has 0 spiro atoms. The van der Waals surface area contributed by atoms with Crippen LogP contribution in [-0.4, -0.2) is 62.0 Å². The highest BCUT2D eigenvalue weighted by molar-refractivity contribution is 7.99. The fraction of sp³-hybridized carbons (Fsp3) is 0.417. The highest BCUT2D eigenvalue weighted by Crippen LogP contribution is 2.36. The molecule has 32 heavy (non-hydrogen) atoms. The number of nitrogens with zero attached hydrogens (tertiary/aromatic N) is 1. The number of amides is 2. The number of hydrogen-bond acceptors (Lipinski definition) is 6. The van der Waals surface area contributed by atoms with Crippen molar-refractivity contribution >= 4 is 23.6 Å². The zero-order valence-corrected chi connectivity index (χ0v) is 19.0. The molecule has 0 saturated carbocycles. The number of ether oxygens (including phenoxy) is 3. The Balaban J connectivity index is 1.43. The molecule has 0 aromatic heterocycles. The van der Waals surface area contributed by atoms with E-state index < -0.39 is 0 Å². The summed E-state index contributed by atoms with van der Waals surface area (Å²) in [5.74, 6) is 1.62. The van der Waals surface area contributed by atoms with Gasteiger partial charge in [0.1, 0.15) is 0 Å². The van der Waals surface area contributed by atoms with Crippen LogP contribution in [-0.2, 0) is 9.53 Å². The third-order valence-corrected chi connectivity index (χ3v) is 6.61. The fourth-order valence-electron chi connectivity index (χ4n) is 3.81. The lowest BCUT2D eigenvalue weighted by molar-refractivity contribution is -0.137. The van der Waals surface area contributed by atoms with E-state index in [1.165, 1.54) is 4.90 Å². The highest BCUT2D eigenvalue weighted by atomic mass is 32.2. The van der Waals surface area contributed by atoms with Gasteiger partial charge in [0.25, 0.3) is 11.8 Å². The maximum atomic E-state index is 13.0. The molecule has 4 rings (SSSR count). The highest BCUT2D eigenvalue weighted by Gasteiger charge is 2.23. The fourth-order valence-corrected chi connectivity index (χ4v) is 4.94. The van der Waals surface area contributed by atoms with Gasteiger partial charge in [0, 0.05) is 29.3 Å². The standard InChI is InChI=1S/C24H28N2O5S/c1-2-30-21-15-17(7-8-20(21)31-16-23(27)26-10-12-29-13-11-26)24(28)25-19-9-14-32-22-6-4-3-5-18(19)22/h3-8,15,19H,2,9-14,16H2,1H3,(H,25,28)/t19-/m1/s1. The van der Waals surface area contributed by atoms with Crippen molar-refractivity contribution in [2.75, 3.05) is 45.3 Å². The summed E-state index contributed by atoms with van der Waals surface area (Å²) >= 11 is 1.82. The number of rotatable bonds is 7. The van der Waals surface area contributed by atoms with Gasteiger partial charge in [-0.15, -0.1) is 11.8 Å². The predicted molar refractivity (Wildman–Crippen MR) is 122 cm³/mol. The van der Waals surface area contributed by atoms with E-state index in [-0.39, 0.29) is 24.5 Å². The SMILES string of the molecule is CCOc1cc(C(=O)N[C@@H]2CCSc3ccccc32)ccc1OCC(=O)N1CCOCC1. The molecule has 2 aromatic carbocycles. The van der Waals surface area contributed by atoms with Gasteiger partial charge in [0.05, 0.1) is 25.9 Å². The molecule has 1 N–H and O–H groups in total. The average Bonchev–Trinajstić information content (AvgIpc) is 2.84. The quantitative estimate of drug-likeness (QED) is 0.689. The number of benzene rings is 2. The summed E-state index contributed by atoms with van der Waals surface area (Å²) in [4.78, 5) is 28.3. The third kappa shape index (κ3) is 5.37. The second-order valence-electron chi connectivity index (χ2n) is 7.58. The molecule has 2 heterocycles. The Labute approximate surface area is 192 Å². The van der Waals surface area contributed by atoms with Crippen LogP contribution in [0.25, 0.3) is 0 Å². The van der Waals surface area contributed by atoms with Gasteiger partial charge >= 0.3 is 0 Å². The Kier molecular flexibility index (Phi) is 7.55. The number of thioether (sulfide) groups is 1. The van der Waals surface area contributed by atoms with Crippen LogP contribution in [0.15, 0.2) is 47.4 Å². The van der Waals surface area contributed by atoms with E-state index >= 15 is 0 Å². The van der Waals surface area contributed by atoms with Crippen molar-refractivity contribution in [3.05, 3.63) is 53.6 Å². The number of fused-ring (bicyclic) bond motifs is 1. The van der Waals surface area contributed by atoms with Gasteiger partial charge in [-0.25, -0.2) is 0 Å². The van der Waals surface area contributed by atoms with Crippen LogP contribution >= 0.6 is 11.8 Å². The molecule has 2 aliphatic rings. The van der Waals surface area contributed by atoms with Crippen molar-refractivity contribution in [3.63, 3.8) is 0 Å². The lowest BCUT2D eigenvalue weighted by atomic mass is 10.0. The Bertz CT molecular complexity index is 961. The molecule has 7 nitrogen and oxygen atoms in total. The number of nitrogens with one attached hydrogen (secondary N) is 1. The van der Waals surface area contributed by atoms with E-state index in [4.69, 9.17) is 14.2 Å². The Hall–Kier alpha value is -2.71. The minimum atomic E-state index is -0.159. The number of carbonyl (C=O) groups excluding carboxylic acids is 2. The summed E-state index contributed by atoms with van der Waals surface area (Å²) in [6, 6.07) is 13.2. The van der Waals surface area contributed by atoms with Gasteiger partial charge in [-0.3, -0.25) is 9.59 Å². The molecular formula is C24H28N2O5S. The zero-order valence-electron chi connectivity index (χ0n) is 18.2. The first-order valence-electron chi connectivity index (χ1n) is 10.9. The number of carbonyl (C=O) groups is 2. The minimum absolute atomic E-state index is 0.0161. The molecule has 1 atom stereocenters. The summed E-state index contributed by atoms with van der Waals surface area (Å²) in [6.45, 7) is 4.44. The molecule has 0 radical (unpaired) electrons. The maximum Gasteiger partial charge on any atom is 0.260 e. The summed E-state index contributed by atoms with van der Waals surface area (Å²) in [5.41, 5.74) is 1.65. The molecule has 0 unspecified atom stereocenters. The van der Waals surface area contributed by atoms with E-state index in [1.807, 2.05) is 30.8 Å². The molecule has 1 saturated heterocycles. The van der Waals surface area contributed by atoms with Gasteiger partial charge in [-0.2, -0.15) is 0 Å². The van der Waals surface area contributed by atoms with Crippen molar-refractivity contribution in [1.82, 2.24) is 10.2 Å². The van der Waals surface area contributed by atoms with Crippen molar-refractivity contribution in [3.8, 4) is 11.5 Å². The van der Waals surface area contributed by atoms with Crippen molar-refractivity contribution in [2.45, 2.75) is 24.3 Å². The summed E-state index contributed by atoms with van der Waals surface area (Å²) < 4.78 is 16.7. The first-order valence-corrected chi connectivity index (χ1v) is 11.9. The van der Waals surface area contributed by atoms with Crippen molar-refractivity contribution < 1.29 is 23.8 Å². The van der Waals surface area contributed by atoms with Crippen molar-refractivity contribution in [1.29, 1.82) is 0 Å². The zero-order chi connectivity index (χ0) is 22.3.